The Bertz CT molecular complexity index is 705. The number of nitrogens with zero attached hydrogens (tertiary/aromatic N) is 2. The number of methoxy groups -OCH3 is 2. The topological polar surface area (TPSA) is 46.6 Å². The smallest absolute Gasteiger partial charge is 0.162 e. The van der Waals surface area contributed by atoms with Crippen LogP contribution in [0, 0.1) is 6.92 Å². The van der Waals surface area contributed by atoms with Gasteiger partial charge in [0.05, 0.1) is 19.9 Å². The number of piperidine rings is 1. The highest BCUT2D eigenvalue weighted by molar-refractivity contribution is 5.55. The first-order chi connectivity index (χ1) is 12.2. The lowest BCUT2D eigenvalue weighted by atomic mass is 10.0. The van der Waals surface area contributed by atoms with Gasteiger partial charge in [-0.1, -0.05) is 6.07 Å². The van der Waals surface area contributed by atoms with Crippen molar-refractivity contribution in [1.29, 1.82) is 0 Å². The van der Waals surface area contributed by atoms with Gasteiger partial charge in [0, 0.05) is 36.6 Å². The molecule has 0 aliphatic carbocycles. The molecule has 0 spiro atoms. The maximum Gasteiger partial charge on any atom is 0.162 e. The zero-order chi connectivity index (χ0) is 17.6. The second-order valence-electron chi connectivity index (χ2n) is 6.56. The van der Waals surface area contributed by atoms with Crippen LogP contribution in [0.15, 0.2) is 36.4 Å². The van der Waals surface area contributed by atoms with Gasteiger partial charge >= 0.3 is 0 Å². The van der Waals surface area contributed by atoms with Crippen LogP contribution >= 0.6 is 0 Å². The van der Waals surface area contributed by atoms with Gasteiger partial charge in [-0.3, -0.25) is 9.88 Å². The Balaban J connectivity index is 1.61. The number of pyridine rings is 1. The number of ether oxygens (including phenoxy) is 2. The molecule has 1 unspecified atom stereocenters. The van der Waals surface area contributed by atoms with Crippen molar-refractivity contribution in [3.63, 3.8) is 0 Å². The molecular formula is C20H27N3O2. The second-order valence-corrected chi connectivity index (χ2v) is 6.56. The Kier molecular flexibility index (Phi) is 5.76. The molecule has 5 heteroatoms. The number of aryl methyl sites for hydroxylation is 1. The summed E-state index contributed by atoms with van der Waals surface area (Å²) >= 11 is 0. The number of benzene rings is 1. The van der Waals surface area contributed by atoms with Gasteiger partial charge in [0.1, 0.15) is 0 Å². The molecule has 1 aliphatic heterocycles. The monoisotopic (exact) mass is 341 g/mol. The van der Waals surface area contributed by atoms with Gasteiger partial charge in [0.25, 0.3) is 0 Å². The predicted molar refractivity (Wildman–Crippen MR) is 100 cm³/mol. The summed E-state index contributed by atoms with van der Waals surface area (Å²) in [6.45, 7) is 5.09. The van der Waals surface area contributed by atoms with Crippen molar-refractivity contribution in [2.45, 2.75) is 32.4 Å². The molecule has 3 rings (SSSR count). The quantitative estimate of drug-likeness (QED) is 0.871. The SMILES string of the molecule is COc1ccc(NC2CCCN(Cc3cccc(C)n3)C2)cc1OC. The lowest BCUT2D eigenvalue weighted by molar-refractivity contribution is 0.206. The fraction of sp³-hybridized carbons (Fsp3) is 0.450. The number of hydrogen-bond donors (Lipinski definition) is 1. The van der Waals surface area contributed by atoms with Crippen molar-refractivity contribution in [2.24, 2.45) is 0 Å². The van der Waals surface area contributed by atoms with E-state index in [0.717, 1.165) is 48.2 Å². The minimum absolute atomic E-state index is 0.427. The third-order valence-electron chi connectivity index (χ3n) is 4.59. The molecule has 1 aliphatic rings. The average molecular weight is 341 g/mol. The molecule has 2 heterocycles. The lowest BCUT2D eigenvalue weighted by Crippen LogP contribution is -2.41. The van der Waals surface area contributed by atoms with Crippen molar-refractivity contribution in [3.05, 3.63) is 47.8 Å². The third-order valence-corrected chi connectivity index (χ3v) is 4.59. The van der Waals surface area contributed by atoms with E-state index < -0.39 is 0 Å². The molecular weight excluding hydrogens is 314 g/mol. The number of aromatic nitrogens is 1. The molecule has 0 bridgehead atoms. The van der Waals surface area contributed by atoms with E-state index in [-0.39, 0.29) is 0 Å². The first-order valence-corrected chi connectivity index (χ1v) is 8.81. The predicted octanol–water partition coefficient (Wildman–Crippen LogP) is 3.48. The third kappa shape index (κ3) is 4.63. The Morgan fingerprint density at radius 2 is 2.00 bits per heavy atom. The van der Waals surface area contributed by atoms with Gasteiger partial charge in [0.2, 0.25) is 0 Å². The molecule has 25 heavy (non-hydrogen) atoms. The largest absolute Gasteiger partial charge is 0.493 e. The van der Waals surface area contributed by atoms with Crippen molar-refractivity contribution in [3.8, 4) is 11.5 Å². The van der Waals surface area contributed by atoms with Crippen LogP contribution in [0.5, 0.6) is 11.5 Å². The molecule has 1 fully saturated rings. The van der Waals surface area contributed by atoms with E-state index in [9.17, 15) is 0 Å². The van der Waals surface area contributed by atoms with Crippen LogP contribution in [-0.4, -0.2) is 43.2 Å². The molecule has 0 saturated carbocycles. The second kappa shape index (κ2) is 8.21. The minimum atomic E-state index is 0.427. The summed E-state index contributed by atoms with van der Waals surface area (Å²) in [5, 5.41) is 3.64. The molecule has 134 valence electrons. The van der Waals surface area contributed by atoms with Crippen LogP contribution in [0.25, 0.3) is 0 Å². The molecule has 2 aromatic rings. The standard InChI is InChI=1S/C20H27N3O2/c1-15-6-4-7-17(21-15)13-23-11-5-8-18(14-23)22-16-9-10-19(24-2)20(12-16)25-3/h4,6-7,9-10,12,18,22H,5,8,11,13-14H2,1-3H3. The minimum Gasteiger partial charge on any atom is -0.493 e. The van der Waals surface area contributed by atoms with Gasteiger partial charge in [-0.05, 0) is 50.6 Å². The molecule has 1 N–H and O–H groups in total. The van der Waals surface area contributed by atoms with Gasteiger partial charge in [-0.25, -0.2) is 0 Å². The molecule has 5 nitrogen and oxygen atoms in total. The van der Waals surface area contributed by atoms with Gasteiger partial charge in [0.15, 0.2) is 11.5 Å². The van der Waals surface area contributed by atoms with Crippen LogP contribution in [0.2, 0.25) is 0 Å². The van der Waals surface area contributed by atoms with E-state index in [4.69, 9.17) is 9.47 Å². The summed E-state index contributed by atoms with van der Waals surface area (Å²) in [5.41, 5.74) is 3.29. The summed E-state index contributed by atoms with van der Waals surface area (Å²) in [5.74, 6) is 1.51. The Morgan fingerprint density at radius 1 is 1.16 bits per heavy atom. The van der Waals surface area contributed by atoms with Crippen molar-refractivity contribution < 1.29 is 9.47 Å². The fourth-order valence-corrected chi connectivity index (χ4v) is 3.40. The summed E-state index contributed by atoms with van der Waals surface area (Å²) in [7, 11) is 3.32. The van der Waals surface area contributed by atoms with Crippen molar-refractivity contribution in [1.82, 2.24) is 9.88 Å². The molecule has 1 aromatic heterocycles. The Morgan fingerprint density at radius 3 is 2.76 bits per heavy atom. The number of likely N-dealkylation sites (tertiary alicyclic amines) is 1. The summed E-state index contributed by atoms with van der Waals surface area (Å²) in [6, 6.07) is 12.7. The van der Waals surface area contributed by atoms with E-state index in [0.29, 0.717) is 6.04 Å². The Hall–Kier alpha value is -2.27. The first-order valence-electron chi connectivity index (χ1n) is 8.81. The molecule has 0 amide bonds. The van der Waals surface area contributed by atoms with Crippen molar-refractivity contribution >= 4 is 5.69 Å². The summed E-state index contributed by atoms with van der Waals surface area (Å²) in [4.78, 5) is 7.10. The molecule has 1 aromatic carbocycles. The van der Waals surface area contributed by atoms with Gasteiger partial charge in [-0.2, -0.15) is 0 Å². The fourth-order valence-electron chi connectivity index (χ4n) is 3.40. The van der Waals surface area contributed by atoms with Crippen LogP contribution in [0.1, 0.15) is 24.2 Å². The number of rotatable bonds is 6. The molecule has 1 atom stereocenters. The lowest BCUT2D eigenvalue weighted by Gasteiger charge is -2.33. The maximum atomic E-state index is 5.39. The highest BCUT2D eigenvalue weighted by atomic mass is 16.5. The molecule has 1 saturated heterocycles. The highest BCUT2D eigenvalue weighted by Crippen LogP contribution is 2.30. The first kappa shape index (κ1) is 17.5. The van der Waals surface area contributed by atoms with Crippen LogP contribution in [0.3, 0.4) is 0 Å². The zero-order valence-electron chi connectivity index (χ0n) is 15.3. The maximum absolute atomic E-state index is 5.39. The van der Waals surface area contributed by atoms with Crippen LogP contribution in [0.4, 0.5) is 5.69 Å². The highest BCUT2D eigenvalue weighted by Gasteiger charge is 2.20. The number of hydrogen-bond acceptors (Lipinski definition) is 5. The number of anilines is 1. The Labute approximate surface area is 150 Å². The van der Waals surface area contributed by atoms with Gasteiger partial charge in [-0.15, -0.1) is 0 Å². The average Bonchev–Trinajstić information content (AvgIpc) is 2.62. The van der Waals surface area contributed by atoms with E-state index in [1.807, 2.05) is 31.2 Å². The normalized spacial score (nSPS) is 18.0. The van der Waals surface area contributed by atoms with Crippen molar-refractivity contribution in [2.75, 3.05) is 32.6 Å². The van der Waals surface area contributed by atoms with E-state index in [2.05, 4.69) is 27.3 Å². The van der Waals surface area contributed by atoms with Crippen LogP contribution < -0.4 is 14.8 Å². The van der Waals surface area contributed by atoms with E-state index in [1.165, 1.54) is 12.8 Å². The molecule has 0 radical (unpaired) electrons. The summed E-state index contributed by atoms with van der Waals surface area (Å²) in [6.07, 6.45) is 2.36. The van der Waals surface area contributed by atoms with Gasteiger partial charge < -0.3 is 14.8 Å². The van der Waals surface area contributed by atoms with E-state index >= 15 is 0 Å². The summed E-state index contributed by atoms with van der Waals surface area (Å²) < 4.78 is 10.7. The van der Waals surface area contributed by atoms with Crippen LogP contribution in [-0.2, 0) is 6.54 Å². The van der Waals surface area contributed by atoms with E-state index in [1.54, 1.807) is 14.2 Å². The number of nitrogens with one attached hydrogen (secondary N) is 1. The zero-order valence-corrected chi connectivity index (χ0v) is 15.3.